The smallest absolute Gasteiger partial charge is 0.119 e. The highest BCUT2D eigenvalue weighted by atomic mass is 16.5. The zero-order chi connectivity index (χ0) is 19.6. The minimum Gasteiger partial charge on any atom is -0.492 e. The minimum absolute atomic E-state index is 0.723. The Morgan fingerprint density at radius 2 is 1.21 bits per heavy atom. The highest BCUT2D eigenvalue weighted by Crippen LogP contribution is 2.27. The Hall–Kier alpha value is -2.78. The lowest BCUT2D eigenvalue weighted by atomic mass is 10.1. The molecule has 0 saturated carbocycles. The van der Waals surface area contributed by atoms with Gasteiger partial charge in [-0.3, -0.25) is 0 Å². The average molecular weight is 375 g/mol. The molecule has 0 spiro atoms. The maximum Gasteiger partial charge on any atom is 0.119 e. The fraction of sp³-hybridized carbons (Fsp3) is 0.280. The van der Waals surface area contributed by atoms with Gasteiger partial charge in [0.15, 0.2) is 0 Å². The minimum atomic E-state index is 0.723. The fourth-order valence-electron chi connectivity index (χ4n) is 3.25. The van der Waals surface area contributed by atoms with Crippen LogP contribution in [-0.4, -0.2) is 31.1 Å². The van der Waals surface area contributed by atoms with E-state index in [1.165, 1.54) is 16.9 Å². The first-order chi connectivity index (χ1) is 13.8. The standard InChI is InChI=1S/C25H30N2O/c1-3-26(4-2)19-20-28-25-17-15-22(16-18-25)21-27(23-11-7-5-8-12-23)24-13-9-6-10-14-24/h5-18H,3-4,19-21H2,1-2H3. The van der Waals surface area contributed by atoms with Crippen molar-refractivity contribution in [1.29, 1.82) is 0 Å². The van der Waals surface area contributed by atoms with Gasteiger partial charge >= 0.3 is 0 Å². The third-order valence-electron chi connectivity index (χ3n) is 4.97. The highest BCUT2D eigenvalue weighted by molar-refractivity contribution is 5.63. The van der Waals surface area contributed by atoms with E-state index >= 15 is 0 Å². The molecule has 0 unspecified atom stereocenters. The highest BCUT2D eigenvalue weighted by Gasteiger charge is 2.10. The number of rotatable bonds is 10. The molecule has 0 amide bonds. The molecule has 0 saturated heterocycles. The quantitative estimate of drug-likeness (QED) is 0.450. The van der Waals surface area contributed by atoms with Crippen molar-refractivity contribution in [3.63, 3.8) is 0 Å². The number of ether oxygens (including phenoxy) is 1. The van der Waals surface area contributed by atoms with Gasteiger partial charge in [-0.2, -0.15) is 0 Å². The molecule has 0 bridgehead atoms. The van der Waals surface area contributed by atoms with Crippen molar-refractivity contribution in [3.05, 3.63) is 90.5 Å². The van der Waals surface area contributed by atoms with Crippen LogP contribution in [0.2, 0.25) is 0 Å². The topological polar surface area (TPSA) is 15.7 Å². The zero-order valence-corrected chi connectivity index (χ0v) is 16.9. The van der Waals surface area contributed by atoms with Crippen LogP contribution >= 0.6 is 0 Å². The molecule has 0 aliphatic heterocycles. The molecule has 3 aromatic carbocycles. The summed E-state index contributed by atoms with van der Waals surface area (Å²) < 4.78 is 5.91. The number of hydrogen-bond donors (Lipinski definition) is 0. The normalized spacial score (nSPS) is 10.8. The molecule has 3 aromatic rings. The Morgan fingerprint density at radius 3 is 1.71 bits per heavy atom. The van der Waals surface area contributed by atoms with Gasteiger partial charge in [0.1, 0.15) is 12.4 Å². The number of likely N-dealkylation sites (N-methyl/N-ethyl adjacent to an activating group) is 1. The van der Waals surface area contributed by atoms with Gasteiger partial charge in [-0.15, -0.1) is 0 Å². The van der Waals surface area contributed by atoms with Gasteiger partial charge in [0, 0.05) is 24.5 Å². The number of para-hydroxylation sites is 2. The van der Waals surface area contributed by atoms with E-state index in [1.54, 1.807) is 0 Å². The molecule has 0 aliphatic carbocycles. The van der Waals surface area contributed by atoms with E-state index in [1.807, 2.05) is 0 Å². The van der Waals surface area contributed by atoms with Crippen molar-refractivity contribution < 1.29 is 4.74 Å². The average Bonchev–Trinajstić information content (AvgIpc) is 2.77. The summed E-state index contributed by atoms with van der Waals surface area (Å²) in [7, 11) is 0. The van der Waals surface area contributed by atoms with E-state index in [4.69, 9.17) is 4.74 Å². The molecule has 3 nitrogen and oxygen atoms in total. The second-order valence-electron chi connectivity index (χ2n) is 6.78. The van der Waals surface area contributed by atoms with Crippen LogP contribution in [0.25, 0.3) is 0 Å². The lowest BCUT2D eigenvalue weighted by molar-refractivity contribution is 0.223. The maximum atomic E-state index is 5.91. The first-order valence-corrected chi connectivity index (χ1v) is 10.1. The molecule has 0 atom stereocenters. The summed E-state index contributed by atoms with van der Waals surface area (Å²) in [6, 6.07) is 29.5. The van der Waals surface area contributed by atoms with Crippen molar-refractivity contribution in [2.75, 3.05) is 31.1 Å². The summed E-state index contributed by atoms with van der Waals surface area (Å²) in [5.41, 5.74) is 3.63. The number of anilines is 2. The summed E-state index contributed by atoms with van der Waals surface area (Å²) in [5.74, 6) is 0.932. The van der Waals surface area contributed by atoms with Crippen molar-refractivity contribution >= 4 is 11.4 Å². The molecule has 3 heteroatoms. The van der Waals surface area contributed by atoms with Crippen LogP contribution in [0.1, 0.15) is 19.4 Å². The van der Waals surface area contributed by atoms with Crippen LogP contribution in [0, 0.1) is 0 Å². The molecule has 0 aliphatic rings. The van der Waals surface area contributed by atoms with E-state index in [2.05, 4.69) is 109 Å². The van der Waals surface area contributed by atoms with Crippen LogP contribution in [0.15, 0.2) is 84.9 Å². The molecule has 0 aromatic heterocycles. The molecular formula is C25H30N2O. The summed E-state index contributed by atoms with van der Waals surface area (Å²) in [5, 5.41) is 0. The lowest BCUT2D eigenvalue weighted by Crippen LogP contribution is -2.27. The number of nitrogens with zero attached hydrogens (tertiary/aromatic N) is 2. The monoisotopic (exact) mass is 374 g/mol. The first kappa shape index (κ1) is 20.0. The van der Waals surface area contributed by atoms with Gasteiger partial charge in [0.25, 0.3) is 0 Å². The molecule has 3 rings (SSSR count). The Bertz CT molecular complexity index is 759. The third kappa shape index (κ3) is 5.61. The van der Waals surface area contributed by atoms with Crippen LogP contribution in [0.3, 0.4) is 0 Å². The second kappa shape index (κ2) is 10.5. The van der Waals surface area contributed by atoms with Crippen LogP contribution in [0.5, 0.6) is 5.75 Å². The Balaban J connectivity index is 1.67. The third-order valence-corrected chi connectivity index (χ3v) is 4.97. The van der Waals surface area contributed by atoms with Crippen molar-refractivity contribution in [1.82, 2.24) is 4.90 Å². The van der Waals surface area contributed by atoms with Crippen molar-refractivity contribution in [3.8, 4) is 5.75 Å². The predicted octanol–water partition coefficient (Wildman–Crippen LogP) is 5.75. The SMILES string of the molecule is CCN(CC)CCOc1ccc(CN(c2ccccc2)c2ccccc2)cc1. The first-order valence-electron chi connectivity index (χ1n) is 10.1. The second-order valence-corrected chi connectivity index (χ2v) is 6.78. The number of benzene rings is 3. The summed E-state index contributed by atoms with van der Waals surface area (Å²) in [4.78, 5) is 4.70. The molecule has 28 heavy (non-hydrogen) atoms. The summed E-state index contributed by atoms with van der Waals surface area (Å²) >= 11 is 0. The van der Waals surface area contributed by atoms with Crippen LogP contribution in [0.4, 0.5) is 11.4 Å². The van der Waals surface area contributed by atoms with Crippen LogP contribution < -0.4 is 9.64 Å². The molecule has 0 radical (unpaired) electrons. The van der Waals surface area contributed by atoms with Gasteiger partial charge in [-0.05, 0) is 55.1 Å². The van der Waals surface area contributed by atoms with Gasteiger partial charge in [-0.25, -0.2) is 0 Å². The summed E-state index contributed by atoms with van der Waals surface area (Å²) in [6.45, 7) is 8.99. The van der Waals surface area contributed by atoms with Gasteiger partial charge < -0.3 is 14.5 Å². The van der Waals surface area contributed by atoms with Gasteiger partial charge in [-0.1, -0.05) is 62.4 Å². The van der Waals surface area contributed by atoms with Crippen LogP contribution in [-0.2, 0) is 6.54 Å². The molecule has 0 heterocycles. The number of hydrogen-bond acceptors (Lipinski definition) is 3. The largest absolute Gasteiger partial charge is 0.492 e. The fourth-order valence-corrected chi connectivity index (χ4v) is 3.25. The Morgan fingerprint density at radius 1 is 0.679 bits per heavy atom. The molecule has 0 fully saturated rings. The Labute approximate surface area is 169 Å². The molecule has 0 N–H and O–H groups in total. The molecule has 146 valence electrons. The predicted molar refractivity (Wildman–Crippen MR) is 118 cm³/mol. The molecular weight excluding hydrogens is 344 g/mol. The summed E-state index contributed by atoms with van der Waals surface area (Å²) in [6.07, 6.45) is 0. The van der Waals surface area contributed by atoms with E-state index in [9.17, 15) is 0 Å². The van der Waals surface area contributed by atoms with Crippen molar-refractivity contribution in [2.45, 2.75) is 20.4 Å². The lowest BCUT2D eigenvalue weighted by Gasteiger charge is -2.25. The Kier molecular flexibility index (Phi) is 7.51. The van der Waals surface area contributed by atoms with Gasteiger partial charge in [0.2, 0.25) is 0 Å². The van der Waals surface area contributed by atoms with E-state index in [0.717, 1.165) is 38.5 Å². The van der Waals surface area contributed by atoms with Crippen molar-refractivity contribution in [2.24, 2.45) is 0 Å². The zero-order valence-electron chi connectivity index (χ0n) is 16.9. The van der Waals surface area contributed by atoms with E-state index in [0.29, 0.717) is 0 Å². The van der Waals surface area contributed by atoms with Gasteiger partial charge in [0.05, 0.1) is 0 Å². The van der Waals surface area contributed by atoms with E-state index < -0.39 is 0 Å². The maximum absolute atomic E-state index is 5.91. The van der Waals surface area contributed by atoms with E-state index in [-0.39, 0.29) is 0 Å².